The Bertz CT molecular complexity index is 1320. The normalized spacial score (nSPS) is 21.9. The minimum absolute atomic E-state index is 0.0528. The predicted octanol–water partition coefficient (Wildman–Crippen LogP) is 5.55. The molecule has 2 atom stereocenters. The van der Waals surface area contributed by atoms with E-state index in [1.54, 1.807) is 17.6 Å². The van der Waals surface area contributed by atoms with Crippen molar-refractivity contribution >= 4 is 55.3 Å². The van der Waals surface area contributed by atoms with Crippen molar-refractivity contribution in [1.82, 2.24) is 14.6 Å². The summed E-state index contributed by atoms with van der Waals surface area (Å²) in [5.41, 5.74) is 0.893. The molecule has 1 amide bonds. The number of ether oxygens (including phenoxy) is 2. The van der Waals surface area contributed by atoms with E-state index in [1.165, 1.54) is 35.8 Å². The van der Waals surface area contributed by atoms with Gasteiger partial charge in [-0.25, -0.2) is 0 Å². The van der Waals surface area contributed by atoms with Crippen LogP contribution in [0.2, 0.25) is 0 Å². The minimum Gasteiger partial charge on any atom is -0.454 e. The summed E-state index contributed by atoms with van der Waals surface area (Å²) in [4.78, 5) is 17.7. The van der Waals surface area contributed by atoms with Gasteiger partial charge in [-0.1, -0.05) is 40.9 Å². The van der Waals surface area contributed by atoms with Gasteiger partial charge in [-0.3, -0.25) is 9.69 Å². The average molecular weight is 598 g/mol. The van der Waals surface area contributed by atoms with Gasteiger partial charge in [0.1, 0.15) is 5.82 Å². The van der Waals surface area contributed by atoms with E-state index in [0.29, 0.717) is 17.6 Å². The van der Waals surface area contributed by atoms with Crippen LogP contribution in [0.1, 0.15) is 31.2 Å². The number of hydrogen-bond acceptors (Lipinski definition) is 7. The molecule has 0 spiro atoms. The van der Waals surface area contributed by atoms with E-state index in [1.807, 2.05) is 18.2 Å². The van der Waals surface area contributed by atoms with Crippen LogP contribution in [0.15, 0.2) is 46.9 Å². The number of anilines is 1. The molecule has 6 rings (SSSR count). The highest BCUT2D eigenvalue weighted by Gasteiger charge is 2.29. The van der Waals surface area contributed by atoms with Crippen molar-refractivity contribution < 1.29 is 14.3 Å². The highest BCUT2D eigenvalue weighted by atomic mass is 79.9. The Labute approximate surface area is 236 Å². The molecule has 2 aliphatic heterocycles. The molecule has 3 aliphatic rings. The summed E-state index contributed by atoms with van der Waals surface area (Å²) >= 11 is 5.15. The zero-order valence-electron chi connectivity index (χ0n) is 21.4. The Kier molecular flexibility index (Phi) is 7.85. The number of carbonyl (C=O) groups excluding carboxylic acids is 1. The molecule has 38 heavy (non-hydrogen) atoms. The monoisotopic (exact) mass is 596 g/mol. The molecule has 3 heterocycles. The number of carbonyl (C=O) groups is 1. The summed E-state index contributed by atoms with van der Waals surface area (Å²) in [7, 11) is 0. The van der Waals surface area contributed by atoms with Crippen LogP contribution >= 0.6 is 27.5 Å². The molecule has 1 N–H and O–H groups in total. The molecule has 0 bridgehead atoms. The number of nitrogens with zero attached hydrogens (tertiary/aromatic N) is 3. The van der Waals surface area contributed by atoms with Gasteiger partial charge in [-0.2, -0.15) is 4.37 Å². The average Bonchev–Trinajstić information content (AvgIpc) is 3.58. The molecule has 0 unspecified atom stereocenters. The first-order chi connectivity index (χ1) is 18.6. The molecule has 1 saturated heterocycles. The predicted molar refractivity (Wildman–Crippen MR) is 156 cm³/mol. The first kappa shape index (κ1) is 25.6. The zero-order valence-corrected chi connectivity index (χ0v) is 23.8. The van der Waals surface area contributed by atoms with Gasteiger partial charge in [0.2, 0.25) is 12.7 Å². The summed E-state index contributed by atoms with van der Waals surface area (Å²) in [5.74, 6) is 3.67. The summed E-state index contributed by atoms with van der Waals surface area (Å²) in [6, 6.07) is 12.3. The van der Waals surface area contributed by atoms with Crippen LogP contribution in [-0.2, 0) is 4.79 Å². The number of nitrogens with one attached hydrogen (secondary N) is 1. The SMILES string of the molecule is O=C(C=Cc1cc2c(cc1Br)OCO2)NC[C@H]1CCCC[C@@H]1CN1CCN(c2nsc3ccccc23)CC1. The van der Waals surface area contributed by atoms with Gasteiger partial charge < -0.3 is 19.7 Å². The van der Waals surface area contributed by atoms with Crippen LogP contribution in [0.3, 0.4) is 0 Å². The second-order valence-electron chi connectivity index (χ2n) is 10.4. The molecule has 9 heteroatoms. The number of fused-ring (bicyclic) bond motifs is 2. The number of hydrogen-bond donors (Lipinski definition) is 1. The Morgan fingerprint density at radius 2 is 1.84 bits per heavy atom. The molecule has 2 aromatic carbocycles. The lowest BCUT2D eigenvalue weighted by Crippen LogP contribution is -2.49. The van der Waals surface area contributed by atoms with Crippen LogP contribution in [-0.4, -0.2) is 61.2 Å². The number of amides is 1. The van der Waals surface area contributed by atoms with Crippen molar-refractivity contribution in [3.05, 3.63) is 52.5 Å². The van der Waals surface area contributed by atoms with Gasteiger partial charge in [0, 0.05) is 55.2 Å². The molecule has 2 fully saturated rings. The van der Waals surface area contributed by atoms with E-state index in [9.17, 15) is 4.79 Å². The van der Waals surface area contributed by atoms with Crippen molar-refractivity contribution in [2.45, 2.75) is 25.7 Å². The highest BCUT2D eigenvalue weighted by Crippen LogP contribution is 2.37. The second kappa shape index (κ2) is 11.6. The van der Waals surface area contributed by atoms with Crippen molar-refractivity contribution in [2.24, 2.45) is 11.8 Å². The fourth-order valence-corrected chi connectivity index (χ4v) is 7.14. The fourth-order valence-electron chi connectivity index (χ4n) is 5.88. The van der Waals surface area contributed by atoms with E-state index >= 15 is 0 Å². The maximum Gasteiger partial charge on any atom is 0.244 e. The summed E-state index contributed by atoms with van der Waals surface area (Å²) in [5, 5.41) is 4.45. The summed E-state index contributed by atoms with van der Waals surface area (Å²) < 4.78 is 17.8. The van der Waals surface area contributed by atoms with Crippen molar-refractivity contribution in [2.75, 3.05) is 51.0 Å². The highest BCUT2D eigenvalue weighted by molar-refractivity contribution is 9.10. The van der Waals surface area contributed by atoms with Gasteiger partial charge in [-0.15, -0.1) is 0 Å². The third-order valence-electron chi connectivity index (χ3n) is 8.03. The standard InChI is InChI=1S/C29H33BrN4O3S/c30-24-16-26-25(36-19-37-26)15-20(24)9-10-28(35)31-17-21-5-1-2-6-22(21)18-33-11-13-34(14-12-33)29-23-7-3-4-8-27(23)38-32-29/h3-4,7-10,15-16,21-22H,1-2,5-6,11-14,17-19H2,(H,31,35)/t21-,22-/m1/s1. The van der Waals surface area contributed by atoms with Gasteiger partial charge in [-0.05, 0) is 72.1 Å². The first-order valence-electron chi connectivity index (χ1n) is 13.5. The maximum absolute atomic E-state index is 12.7. The molecule has 1 saturated carbocycles. The quantitative estimate of drug-likeness (QED) is 0.361. The van der Waals surface area contributed by atoms with Crippen molar-refractivity contribution in [3.8, 4) is 11.5 Å². The third-order valence-corrected chi connectivity index (χ3v) is 9.54. The number of piperazine rings is 1. The Balaban J connectivity index is 0.999. The van der Waals surface area contributed by atoms with E-state index in [2.05, 4.69) is 55.3 Å². The van der Waals surface area contributed by atoms with Crippen LogP contribution in [0.4, 0.5) is 5.82 Å². The Morgan fingerprint density at radius 1 is 1.08 bits per heavy atom. The first-order valence-corrected chi connectivity index (χ1v) is 15.1. The number of rotatable bonds is 7. The molecule has 7 nitrogen and oxygen atoms in total. The molecule has 0 radical (unpaired) electrons. The number of benzene rings is 2. The van der Waals surface area contributed by atoms with Gasteiger partial charge in [0.05, 0.1) is 4.70 Å². The molecule has 1 aromatic heterocycles. The largest absolute Gasteiger partial charge is 0.454 e. The lowest BCUT2D eigenvalue weighted by molar-refractivity contribution is -0.116. The topological polar surface area (TPSA) is 66.9 Å². The van der Waals surface area contributed by atoms with E-state index in [-0.39, 0.29) is 12.7 Å². The van der Waals surface area contributed by atoms with Crippen LogP contribution in [0.5, 0.6) is 11.5 Å². The number of aromatic nitrogens is 1. The fraction of sp³-hybridized carbons (Fsp3) is 0.448. The lowest BCUT2D eigenvalue weighted by Gasteiger charge is -2.40. The van der Waals surface area contributed by atoms with Crippen LogP contribution in [0, 0.1) is 11.8 Å². The van der Waals surface area contributed by atoms with Gasteiger partial charge >= 0.3 is 0 Å². The summed E-state index contributed by atoms with van der Waals surface area (Å²) in [6.07, 6.45) is 8.41. The number of halogens is 1. The zero-order chi connectivity index (χ0) is 25.9. The molecule has 200 valence electrons. The van der Waals surface area contributed by atoms with Gasteiger partial charge in [0.25, 0.3) is 0 Å². The van der Waals surface area contributed by atoms with Gasteiger partial charge in [0.15, 0.2) is 11.5 Å². The Morgan fingerprint density at radius 3 is 2.68 bits per heavy atom. The van der Waals surface area contributed by atoms with Crippen molar-refractivity contribution in [3.63, 3.8) is 0 Å². The third kappa shape index (κ3) is 5.70. The maximum atomic E-state index is 12.7. The smallest absolute Gasteiger partial charge is 0.244 e. The van der Waals surface area contributed by atoms with E-state index in [0.717, 1.165) is 60.9 Å². The van der Waals surface area contributed by atoms with Crippen LogP contribution < -0.4 is 19.7 Å². The second-order valence-corrected chi connectivity index (χ2v) is 12.1. The molecular weight excluding hydrogens is 564 g/mol. The molecule has 1 aliphatic carbocycles. The summed E-state index contributed by atoms with van der Waals surface area (Å²) in [6.45, 7) is 6.25. The lowest BCUT2D eigenvalue weighted by atomic mass is 9.78. The van der Waals surface area contributed by atoms with E-state index in [4.69, 9.17) is 13.8 Å². The van der Waals surface area contributed by atoms with Crippen LogP contribution in [0.25, 0.3) is 16.2 Å². The Hall–Kier alpha value is -2.62. The van der Waals surface area contributed by atoms with Crippen molar-refractivity contribution in [1.29, 1.82) is 0 Å². The molecule has 3 aromatic rings. The van der Waals surface area contributed by atoms with E-state index < -0.39 is 0 Å². The molecular formula is C29H33BrN4O3S. The minimum atomic E-state index is -0.0528.